The van der Waals surface area contributed by atoms with Crippen molar-refractivity contribution in [3.05, 3.63) is 35.9 Å². The van der Waals surface area contributed by atoms with Crippen LogP contribution in [0, 0.1) is 0 Å². The highest BCUT2D eigenvalue weighted by Crippen LogP contribution is 2.25. The van der Waals surface area contributed by atoms with Gasteiger partial charge in [0.25, 0.3) is 0 Å². The van der Waals surface area contributed by atoms with Crippen LogP contribution in [-0.4, -0.2) is 16.6 Å². The lowest BCUT2D eigenvalue weighted by Crippen LogP contribution is -2.27. The summed E-state index contributed by atoms with van der Waals surface area (Å²) in [5.41, 5.74) is 2.02. The number of rotatable bonds is 6. The Kier molecular flexibility index (Phi) is 4.84. The highest BCUT2D eigenvalue weighted by atomic mass is 16.5. The molecular formula is C18H26N2O. The van der Waals surface area contributed by atoms with Crippen LogP contribution >= 0.6 is 0 Å². The van der Waals surface area contributed by atoms with E-state index >= 15 is 0 Å². The third-order valence-corrected chi connectivity index (χ3v) is 3.71. The lowest BCUT2D eigenvalue weighted by molar-refractivity contribution is 0.0994. The van der Waals surface area contributed by atoms with E-state index in [-0.39, 0.29) is 5.60 Å². The Hall–Kier alpha value is -1.61. The fourth-order valence-corrected chi connectivity index (χ4v) is 2.09. The van der Waals surface area contributed by atoms with Gasteiger partial charge in [0.05, 0.1) is 5.52 Å². The van der Waals surface area contributed by atoms with Crippen LogP contribution < -0.4 is 10.1 Å². The van der Waals surface area contributed by atoms with Crippen LogP contribution in [0.15, 0.2) is 30.3 Å². The van der Waals surface area contributed by atoms with E-state index in [2.05, 4.69) is 63.1 Å². The fraction of sp³-hybridized carbons (Fsp3) is 0.500. The van der Waals surface area contributed by atoms with Gasteiger partial charge in [-0.15, -0.1) is 0 Å². The molecule has 0 saturated heterocycles. The van der Waals surface area contributed by atoms with Crippen LogP contribution in [0.3, 0.4) is 0 Å². The number of fused-ring (bicyclic) bond motifs is 1. The first kappa shape index (κ1) is 15.8. The number of ether oxygens (including phenoxy) is 1. The maximum Gasteiger partial charge on any atom is 0.214 e. The zero-order valence-corrected chi connectivity index (χ0v) is 13.7. The van der Waals surface area contributed by atoms with E-state index in [9.17, 15) is 0 Å². The number of benzene rings is 1. The molecule has 1 aromatic heterocycles. The molecule has 0 bridgehead atoms. The van der Waals surface area contributed by atoms with Crippen molar-refractivity contribution in [1.29, 1.82) is 0 Å². The monoisotopic (exact) mass is 286 g/mol. The maximum atomic E-state index is 6.07. The van der Waals surface area contributed by atoms with Gasteiger partial charge in [-0.1, -0.05) is 39.0 Å². The van der Waals surface area contributed by atoms with Crippen LogP contribution in [0.1, 0.15) is 46.6 Å². The molecule has 1 N–H and O–H groups in total. The Morgan fingerprint density at radius 1 is 1.24 bits per heavy atom. The summed E-state index contributed by atoms with van der Waals surface area (Å²) in [5, 5.41) is 4.66. The number of aromatic nitrogens is 1. The van der Waals surface area contributed by atoms with Crippen LogP contribution in [0.4, 0.5) is 0 Å². The van der Waals surface area contributed by atoms with Gasteiger partial charge in [-0.3, -0.25) is 0 Å². The largest absolute Gasteiger partial charge is 0.472 e. The van der Waals surface area contributed by atoms with Crippen LogP contribution in [0.2, 0.25) is 0 Å². The number of hydrogen-bond donors (Lipinski definition) is 1. The highest BCUT2D eigenvalue weighted by Gasteiger charge is 2.18. The van der Waals surface area contributed by atoms with Gasteiger partial charge in [0, 0.05) is 24.0 Å². The summed E-state index contributed by atoms with van der Waals surface area (Å²) in [5.74, 6) is 0.709. The van der Waals surface area contributed by atoms with E-state index in [0.29, 0.717) is 11.9 Å². The lowest BCUT2D eigenvalue weighted by atomic mass is 10.1. The van der Waals surface area contributed by atoms with Gasteiger partial charge in [0.15, 0.2) is 0 Å². The molecular weight excluding hydrogens is 260 g/mol. The molecule has 0 aliphatic heterocycles. The second-order valence-electron chi connectivity index (χ2n) is 6.39. The summed E-state index contributed by atoms with van der Waals surface area (Å²) >= 11 is 0. The number of nitrogens with zero attached hydrogens (tertiary/aromatic N) is 1. The number of para-hydroxylation sites is 1. The predicted octanol–water partition coefficient (Wildman–Crippen LogP) is 4.30. The zero-order valence-electron chi connectivity index (χ0n) is 13.7. The molecule has 114 valence electrons. The van der Waals surface area contributed by atoms with E-state index in [1.807, 2.05) is 12.1 Å². The first-order chi connectivity index (χ1) is 9.91. The molecule has 0 amide bonds. The molecule has 1 heterocycles. The van der Waals surface area contributed by atoms with Crippen molar-refractivity contribution in [3.63, 3.8) is 0 Å². The van der Waals surface area contributed by atoms with Gasteiger partial charge in [-0.25, -0.2) is 4.98 Å². The minimum atomic E-state index is -0.196. The van der Waals surface area contributed by atoms with Crippen LogP contribution in [0.25, 0.3) is 10.9 Å². The predicted molar refractivity (Wildman–Crippen MR) is 88.7 cm³/mol. The zero-order chi connectivity index (χ0) is 15.5. The molecule has 1 aromatic carbocycles. The SMILES string of the molecule is CCC(C)(C)Oc1cc(CNC(C)C)c2ccccc2n1. The molecule has 0 atom stereocenters. The average molecular weight is 286 g/mol. The Labute approximate surface area is 127 Å². The van der Waals surface area contributed by atoms with Gasteiger partial charge in [-0.2, -0.15) is 0 Å². The number of pyridine rings is 1. The molecule has 2 aromatic rings. The van der Waals surface area contributed by atoms with E-state index in [4.69, 9.17) is 4.74 Å². The van der Waals surface area contributed by atoms with Crippen LogP contribution in [-0.2, 0) is 6.54 Å². The van der Waals surface area contributed by atoms with Gasteiger partial charge in [-0.05, 0) is 31.9 Å². The first-order valence-electron chi connectivity index (χ1n) is 7.72. The summed E-state index contributed by atoms with van der Waals surface area (Å²) in [4.78, 5) is 4.65. The molecule has 0 radical (unpaired) electrons. The summed E-state index contributed by atoms with van der Waals surface area (Å²) in [7, 11) is 0. The normalized spacial score (nSPS) is 12.1. The lowest BCUT2D eigenvalue weighted by Gasteiger charge is -2.24. The minimum Gasteiger partial charge on any atom is -0.472 e. The van der Waals surface area contributed by atoms with Gasteiger partial charge >= 0.3 is 0 Å². The molecule has 0 saturated carbocycles. The summed E-state index contributed by atoms with van der Waals surface area (Å²) in [6, 6.07) is 10.8. The number of nitrogens with one attached hydrogen (secondary N) is 1. The van der Waals surface area contributed by atoms with Gasteiger partial charge in [0.1, 0.15) is 5.60 Å². The third kappa shape index (κ3) is 4.18. The average Bonchev–Trinajstić information content (AvgIpc) is 2.44. The molecule has 3 nitrogen and oxygen atoms in total. The molecule has 0 spiro atoms. The second-order valence-corrected chi connectivity index (χ2v) is 6.39. The third-order valence-electron chi connectivity index (χ3n) is 3.71. The van der Waals surface area contributed by atoms with Crippen molar-refractivity contribution >= 4 is 10.9 Å². The van der Waals surface area contributed by atoms with Crippen molar-refractivity contribution in [3.8, 4) is 5.88 Å². The quantitative estimate of drug-likeness (QED) is 0.859. The molecule has 0 aliphatic rings. The molecule has 0 unspecified atom stereocenters. The summed E-state index contributed by atoms with van der Waals surface area (Å²) in [6.45, 7) is 11.4. The highest BCUT2D eigenvalue weighted by molar-refractivity contribution is 5.82. The van der Waals surface area contributed by atoms with E-state index < -0.39 is 0 Å². The molecule has 2 rings (SSSR count). The van der Waals surface area contributed by atoms with Gasteiger partial charge in [0.2, 0.25) is 5.88 Å². The molecule has 0 aliphatic carbocycles. The van der Waals surface area contributed by atoms with Crippen molar-refractivity contribution in [2.24, 2.45) is 0 Å². The minimum absolute atomic E-state index is 0.196. The first-order valence-corrected chi connectivity index (χ1v) is 7.72. The van der Waals surface area contributed by atoms with E-state index in [0.717, 1.165) is 18.5 Å². The van der Waals surface area contributed by atoms with Crippen molar-refractivity contribution in [1.82, 2.24) is 10.3 Å². The smallest absolute Gasteiger partial charge is 0.214 e. The van der Waals surface area contributed by atoms with Gasteiger partial charge < -0.3 is 10.1 Å². The van der Waals surface area contributed by atoms with Crippen molar-refractivity contribution in [2.45, 2.75) is 59.2 Å². The molecule has 0 fully saturated rings. The van der Waals surface area contributed by atoms with Crippen LogP contribution in [0.5, 0.6) is 5.88 Å². The second kappa shape index (κ2) is 6.44. The molecule has 21 heavy (non-hydrogen) atoms. The maximum absolute atomic E-state index is 6.07. The fourth-order valence-electron chi connectivity index (χ4n) is 2.09. The Balaban J connectivity index is 2.39. The standard InChI is InChI=1S/C18H26N2O/c1-6-18(4,5)21-17-11-14(12-19-13(2)3)15-9-7-8-10-16(15)20-17/h7-11,13,19H,6,12H2,1-5H3. The van der Waals surface area contributed by atoms with Crippen molar-refractivity contribution in [2.75, 3.05) is 0 Å². The number of hydrogen-bond acceptors (Lipinski definition) is 3. The van der Waals surface area contributed by atoms with Crippen molar-refractivity contribution < 1.29 is 4.74 Å². The molecule has 3 heteroatoms. The van der Waals surface area contributed by atoms with E-state index in [1.165, 1.54) is 10.9 Å². The Bertz CT molecular complexity index is 605. The Morgan fingerprint density at radius 2 is 1.95 bits per heavy atom. The van der Waals surface area contributed by atoms with E-state index in [1.54, 1.807) is 0 Å². The summed E-state index contributed by atoms with van der Waals surface area (Å²) < 4.78 is 6.07. The Morgan fingerprint density at radius 3 is 2.62 bits per heavy atom. The summed E-state index contributed by atoms with van der Waals surface area (Å²) in [6.07, 6.45) is 0.946. The topological polar surface area (TPSA) is 34.1 Å².